The molecule has 0 aliphatic carbocycles. The van der Waals surface area contributed by atoms with E-state index in [2.05, 4.69) is 72.1 Å². The van der Waals surface area contributed by atoms with Gasteiger partial charge in [0.2, 0.25) is 0 Å². The van der Waals surface area contributed by atoms with Gasteiger partial charge in [0.1, 0.15) is 17.1 Å². The lowest BCUT2D eigenvalue weighted by molar-refractivity contribution is 0.157. The lowest BCUT2D eigenvalue weighted by Gasteiger charge is -2.40. The fourth-order valence-electron chi connectivity index (χ4n) is 1.45. The number of hydrogen-bond acceptors (Lipinski definition) is 3. The van der Waals surface area contributed by atoms with Crippen molar-refractivity contribution in [1.82, 2.24) is 0 Å². The van der Waals surface area contributed by atoms with E-state index in [0.29, 0.717) is 6.61 Å². The highest BCUT2D eigenvalue weighted by atomic mass is 32.2. The average Bonchev–Trinajstić information content (AvgIpc) is 2.37. The molecule has 0 heterocycles. The SMILES string of the molecule is CC(C)(C)[S@](=O)/N=C\[C@@H](CO[Si](C)(C)C(C)(C)C)O[Si](C)(C)C(C)(C)C. The van der Waals surface area contributed by atoms with Crippen LogP contribution in [0, 0.1) is 0 Å². The summed E-state index contributed by atoms with van der Waals surface area (Å²) >= 11 is 0. The minimum absolute atomic E-state index is 0.0965. The predicted molar refractivity (Wildman–Crippen MR) is 122 cm³/mol. The molecule has 0 aromatic rings. The van der Waals surface area contributed by atoms with E-state index in [0.717, 1.165) is 0 Å². The molecule has 4 nitrogen and oxygen atoms in total. The van der Waals surface area contributed by atoms with Gasteiger partial charge >= 0.3 is 0 Å². The lowest BCUT2D eigenvalue weighted by Crippen LogP contribution is -2.48. The Morgan fingerprint density at radius 1 is 0.885 bits per heavy atom. The van der Waals surface area contributed by atoms with Crippen molar-refractivity contribution in [3.05, 3.63) is 0 Å². The summed E-state index contributed by atoms with van der Waals surface area (Å²) < 4.78 is 29.2. The maximum Gasteiger partial charge on any atom is 0.193 e. The van der Waals surface area contributed by atoms with Crippen LogP contribution in [0.25, 0.3) is 0 Å². The Hall–Kier alpha value is 0.174. The van der Waals surface area contributed by atoms with Gasteiger partial charge in [-0.15, -0.1) is 0 Å². The summed E-state index contributed by atoms with van der Waals surface area (Å²) in [6, 6.07) is 0. The van der Waals surface area contributed by atoms with Crippen LogP contribution in [0.2, 0.25) is 36.3 Å². The molecule has 0 aromatic heterocycles. The minimum atomic E-state index is -1.98. The Morgan fingerprint density at radius 2 is 1.31 bits per heavy atom. The van der Waals surface area contributed by atoms with Crippen molar-refractivity contribution in [1.29, 1.82) is 0 Å². The Balaban J connectivity index is 5.43. The van der Waals surface area contributed by atoms with E-state index in [9.17, 15) is 4.21 Å². The second-order valence-corrected chi connectivity index (χ2v) is 22.6. The summed E-state index contributed by atoms with van der Waals surface area (Å²) in [5.74, 6) is 0. The van der Waals surface area contributed by atoms with Gasteiger partial charge in [0.05, 0.1) is 11.4 Å². The maximum atomic E-state index is 12.3. The van der Waals surface area contributed by atoms with E-state index in [4.69, 9.17) is 8.85 Å². The van der Waals surface area contributed by atoms with E-state index < -0.39 is 27.6 Å². The van der Waals surface area contributed by atoms with Crippen LogP contribution in [-0.4, -0.2) is 44.5 Å². The fourth-order valence-corrected chi connectivity index (χ4v) is 4.27. The molecule has 0 bridgehead atoms. The van der Waals surface area contributed by atoms with Crippen molar-refractivity contribution < 1.29 is 13.1 Å². The predicted octanol–water partition coefficient (Wildman–Crippen LogP) is 5.93. The zero-order chi connectivity index (χ0) is 21.2. The van der Waals surface area contributed by atoms with Crippen molar-refractivity contribution >= 4 is 33.8 Å². The van der Waals surface area contributed by atoms with Gasteiger partial charge < -0.3 is 8.85 Å². The van der Waals surface area contributed by atoms with Gasteiger partial charge in [-0.1, -0.05) is 41.5 Å². The molecular weight excluding hydrogens is 378 g/mol. The molecule has 7 heteroatoms. The largest absolute Gasteiger partial charge is 0.414 e. The van der Waals surface area contributed by atoms with E-state index in [1.165, 1.54) is 0 Å². The highest BCUT2D eigenvalue weighted by Crippen LogP contribution is 2.39. The molecular formula is C19H43NO3SSi2. The summed E-state index contributed by atoms with van der Waals surface area (Å²) in [5, 5.41) is 0.235. The molecule has 26 heavy (non-hydrogen) atoms. The standard InChI is InChI=1S/C19H43NO3SSi2/c1-17(2,3)24(21)20-14-16(23-26(12,13)19(7,8)9)15-22-25(10,11)18(4,5)6/h14,16H,15H2,1-13H3/b20-14-/t16-,24-/m0/s1. The highest BCUT2D eigenvalue weighted by molar-refractivity contribution is 7.85. The van der Waals surface area contributed by atoms with Gasteiger partial charge in [-0.3, -0.25) is 0 Å². The topological polar surface area (TPSA) is 47.9 Å². The van der Waals surface area contributed by atoms with Gasteiger partial charge in [-0.25, -0.2) is 4.21 Å². The molecule has 0 spiro atoms. The van der Waals surface area contributed by atoms with Crippen molar-refractivity contribution in [3.8, 4) is 0 Å². The molecule has 0 aliphatic heterocycles. The summed E-state index contributed by atoms with van der Waals surface area (Å²) in [6.07, 6.45) is 1.45. The Bertz CT molecular complexity index is 512. The maximum absolute atomic E-state index is 12.3. The van der Waals surface area contributed by atoms with Gasteiger partial charge in [0, 0.05) is 6.21 Å². The van der Waals surface area contributed by atoms with Crippen LogP contribution >= 0.6 is 0 Å². The Morgan fingerprint density at radius 3 is 1.65 bits per heavy atom. The molecule has 0 saturated heterocycles. The Kier molecular flexibility index (Phi) is 8.74. The summed E-state index contributed by atoms with van der Waals surface area (Å²) in [4.78, 5) is 0. The second kappa shape index (κ2) is 8.68. The quantitative estimate of drug-likeness (QED) is 0.378. The molecule has 0 unspecified atom stereocenters. The first kappa shape index (κ1) is 26.2. The van der Waals surface area contributed by atoms with Gasteiger partial charge in [-0.2, -0.15) is 4.40 Å². The monoisotopic (exact) mass is 421 g/mol. The summed E-state index contributed by atoms with van der Waals surface area (Å²) in [5.41, 5.74) is 0. The van der Waals surface area contributed by atoms with Crippen molar-refractivity contribution in [2.45, 2.75) is 109 Å². The molecule has 0 rings (SSSR count). The molecule has 0 N–H and O–H groups in total. The van der Waals surface area contributed by atoms with Crippen molar-refractivity contribution in [2.24, 2.45) is 4.40 Å². The van der Waals surface area contributed by atoms with Crippen molar-refractivity contribution in [3.63, 3.8) is 0 Å². The van der Waals surface area contributed by atoms with E-state index in [-0.39, 0.29) is 20.9 Å². The van der Waals surface area contributed by atoms with E-state index in [1.54, 1.807) is 6.21 Å². The normalized spacial score (nSPS) is 17.6. The number of hydrogen-bond donors (Lipinski definition) is 0. The first-order chi connectivity index (χ1) is 11.2. The number of rotatable bonds is 7. The first-order valence-electron chi connectivity index (χ1n) is 9.49. The third kappa shape index (κ3) is 8.04. The summed E-state index contributed by atoms with van der Waals surface area (Å²) in [6.45, 7) is 28.5. The fraction of sp³-hybridized carbons (Fsp3) is 0.947. The minimum Gasteiger partial charge on any atom is -0.414 e. The first-order valence-corrected chi connectivity index (χ1v) is 16.4. The smallest absolute Gasteiger partial charge is 0.193 e. The molecule has 0 aromatic carbocycles. The zero-order valence-corrected chi connectivity index (χ0v) is 22.3. The number of nitrogens with zero attached hydrogens (tertiary/aromatic N) is 1. The molecule has 0 radical (unpaired) electrons. The van der Waals surface area contributed by atoms with Crippen molar-refractivity contribution in [2.75, 3.05) is 6.61 Å². The lowest BCUT2D eigenvalue weighted by atomic mass is 10.2. The van der Waals surface area contributed by atoms with Gasteiger partial charge in [0.15, 0.2) is 16.6 Å². The summed E-state index contributed by atoms with van der Waals surface area (Å²) in [7, 11) is -5.16. The van der Waals surface area contributed by atoms with Crippen LogP contribution in [0.4, 0.5) is 0 Å². The van der Waals surface area contributed by atoms with E-state index in [1.807, 2.05) is 20.8 Å². The van der Waals surface area contributed by atoms with Crippen LogP contribution in [0.15, 0.2) is 4.40 Å². The van der Waals surface area contributed by atoms with Crippen LogP contribution in [-0.2, 0) is 19.8 Å². The third-order valence-electron chi connectivity index (χ3n) is 5.51. The Labute approximate surface area is 167 Å². The van der Waals surface area contributed by atoms with Crippen LogP contribution < -0.4 is 0 Å². The molecule has 2 atom stereocenters. The van der Waals surface area contributed by atoms with Crippen LogP contribution in [0.5, 0.6) is 0 Å². The van der Waals surface area contributed by atoms with Crippen LogP contribution in [0.3, 0.4) is 0 Å². The second-order valence-electron chi connectivity index (χ2n) is 11.1. The van der Waals surface area contributed by atoms with Gasteiger partial charge in [-0.05, 0) is 57.0 Å². The van der Waals surface area contributed by atoms with E-state index >= 15 is 0 Å². The average molecular weight is 422 g/mol. The molecule has 0 saturated carbocycles. The molecule has 156 valence electrons. The zero-order valence-electron chi connectivity index (χ0n) is 19.4. The molecule has 0 fully saturated rings. The highest BCUT2D eigenvalue weighted by Gasteiger charge is 2.41. The molecule has 0 amide bonds. The third-order valence-corrected chi connectivity index (χ3v) is 15.9. The molecule has 0 aliphatic rings. The van der Waals surface area contributed by atoms with Gasteiger partial charge in [0.25, 0.3) is 0 Å². The van der Waals surface area contributed by atoms with Crippen LogP contribution in [0.1, 0.15) is 62.3 Å².